The van der Waals surface area contributed by atoms with Crippen molar-refractivity contribution in [3.63, 3.8) is 0 Å². The Labute approximate surface area is 256 Å². The van der Waals surface area contributed by atoms with E-state index in [9.17, 15) is 14.7 Å². The van der Waals surface area contributed by atoms with E-state index in [1.807, 2.05) is 78.2 Å². The number of benzene rings is 3. The van der Waals surface area contributed by atoms with Crippen molar-refractivity contribution >= 4 is 45.6 Å². The molecule has 4 heterocycles. The SMILES string of the molecule is Cc1sc2c(c1C)C(c1ccc(-c3cccc(NC(=O)c4cccc5ccoc45)c3)cc1)=N[C@@H](CC(=O)O)c1nnc(C)n1-2. The minimum Gasteiger partial charge on any atom is -0.481 e. The lowest BCUT2D eigenvalue weighted by atomic mass is 9.97. The van der Waals surface area contributed by atoms with Crippen molar-refractivity contribution in [3.8, 4) is 16.1 Å². The molecule has 0 unspecified atom stereocenters. The Morgan fingerprint density at radius 2 is 1.73 bits per heavy atom. The summed E-state index contributed by atoms with van der Waals surface area (Å²) in [4.78, 5) is 31.1. The highest BCUT2D eigenvalue weighted by molar-refractivity contribution is 7.15. The molecule has 1 aliphatic heterocycles. The van der Waals surface area contributed by atoms with Crippen LogP contribution in [0.1, 0.15) is 56.0 Å². The van der Waals surface area contributed by atoms with Crippen molar-refractivity contribution in [2.24, 2.45) is 4.99 Å². The Morgan fingerprint density at radius 3 is 2.52 bits per heavy atom. The maximum atomic E-state index is 13.1. The molecular weight excluding hydrogens is 574 g/mol. The van der Waals surface area contributed by atoms with Crippen molar-refractivity contribution in [2.45, 2.75) is 33.2 Å². The van der Waals surface area contributed by atoms with Crippen LogP contribution in [0.25, 0.3) is 27.1 Å². The number of carboxylic acid groups (broad SMARTS) is 1. The number of carbonyl (C=O) groups is 2. The van der Waals surface area contributed by atoms with E-state index in [0.717, 1.165) is 48.8 Å². The first-order chi connectivity index (χ1) is 21.3. The molecule has 44 heavy (non-hydrogen) atoms. The molecule has 0 saturated heterocycles. The van der Waals surface area contributed by atoms with E-state index >= 15 is 0 Å². The molecule has 7 rings (SSSR count). The predicted octanol–water partition coefficient (Wildman–Crippen LogP) is 7.29. The number of fused-ring (bicyclic) bond motifs is 4. The normalized spacial score (nSPS) is 14.1. The van der Waals surface area contributed by atoms with Gasteiger partial charge in [-0.05, 0) is 61.7 Å². The second kappa shape index (κ2) is 10.7. The van der Waals surface area contributed by atoms with E-state index in [0.29, 0.717) is 28.5 Å². The highest BCUT2D eigenvalue weighted by atomic mass is 32.1. The molecule has 0 fully saturated rings. The van der Waals surface area contributed by atoms with Gasteiger partial charge in [0.05, 0.1) is 24.0 Å². The summed E-state index contributed by atoms with van der Waals surface area (Å²) in [6, 6.07) is 22.3. The Balaban J connectivity index is 1.23. The molecule has 9 nitrogen and oxygen atoms in total. The van der Waals surface area contributed by atoms with E-state index in [1.54, 1.807) is 23.7 Å². The zero-order valence-electron chi connectivity index (χ0n) is 24.2. The van der Waals surface area contributed by atoms with Gasteiger partial charge in [-0.2, -0.15) is 0 Å². The molecular formula is C34H27N5O4S. The number of aromatic nitrogens is 3. The smallest absolute Gasteiger partial charge is 0.306 e. The highest BCUT2D eigenvalue weighted by Gasteiger charge is 2.32. The summed E-state index contributed by atoms with van der Waals surface area (Å²) in [5.74, 6) is 0.0215. The molecule has 0 radical (unpaired) electrons. The summed E-state index contributed by atoms with van der Waals surface area (Å²) in [5, 5.41) is 23.1. The van der Waals surface area contributed by atoms with Crippen LogP contribution in [-0.2, 0) is 4.79 Å². The number of amides is 1. The fraction of sp³-hybridized carbons (Fsp3) is 0.147. The predicted molar refractivity (Wildman–Crippen MR) is 170 cm³/mol. The number of thiophene rings is 1. The Kier molecular flexibility index (Phi) is 6.70. The maximum Gasteiger partial charge on any atom is 0.306 e. The lowest BCUT2D eigenvalue weighted by molar-refractivity contribution is -0.137. The van der Waals surface area contributed by atoms with Gasteiger partial charge in [0.1, 0.15) is 22.5 Å². The lowest BCUT2D eigenvalue weighted by Crippen LogP contribution is -2.12. The van der Waals surface area contributed by atoms with Gasteiger partial charge in [-0.1, -0.05) is 48.5 Å². The topological polar surface area (TPSA) is 123 Å². The average Bonchev–Trinajstić information content (AvgIpc) is 3.70. The van der Waals surface area contributed by atoms with Crippen molar-refractivity contribution in [2.75, 3.05) is 5.32 Å². The first-order valence-electron chi connectivity index (χ1n) is 14.1. The quantitative estimate of drug-likeness (QED) is 0.207. The average molecular weight is 602 g/mol. The van der Waals surface area contributed by atoms with Crippen molar-refractivity contribution in [3.05, 3.63) is 118 Å². The van der Waals surface area contributed by atoms with Crippen molar-refractivity contribution in [1.82, 2.24) is 14.8 Å². The maximum absolute atomic E-state index is 13.1. The summed E-state index contributed by atoms with van der Waals surface area (Å²) in [7, 11) is 0. The Bertz CT molecular complexity index is 2120. The third kappa shape index (κ3) is 4.69. The molecule has 218 valence electrons. The van der Waals surface area contributed by atoms with Gasteiger partial charge in [0.2, 0.25) is 0 Å². The summed E-state index contributed by atoms with van der Waals surface area (Å²) >= 11 is 1.63. The molecule has 3 aromatic heterocycles. The van der Waals surface area contributed by atoms with Crippen LogP contribution in [0.3, 0.4) is 0 Å². The summed E-state index contributed by atoms with van der Waals surface area (Å²) in [6.45, 7) is 6.01. The zero-order chi connectivity index (χ0) is 30.5. The number of para-hydroxylation sites is 1. The van der Waals surface area contributed by atoms with E-state index in [1.165, 1.54) is 0 Å². The van der Waals surface area contributed by atoms with Crippen LogP contribution in [-0.4, -0.2) is 37.5 Å². The van der Waals surface area contributed by atoms with Crippen molar-refractivity contribution in [1.29, 1.82) is 0 Å². The van der Waals surface area contributed by atoms with E-state index in [-0.39, 0.29) is 12.3 Å². The molecule has 0 saturated carbocycles. The molecule has 3 aromatic carbocycles. The van der Waals surface area contributed by atoms with Crippen LogP contribution in [0.2, 0.25) is 0 Å². The van der Waals surface area contributed by atoms with E-state index < -0.39 is 12.0 Å². The van der Waals surface area contributed by atoms with E-state index in [2.05, 4.69) is 29.4 Å². The van der Waals surface area contributed by atoms with Crippen LogP contribution in [0, 0.1) is 20.8 Å². The molecule has 0 bridgehead atoms. The minimum absolute atomic E-state index is 0.195. The summed E-state index contributed by atoms with van der Waals surface area (Å²) in [5.41, 5.74) is 7.25. The number of carboxylic acids is 1. The fourth-order valence-electron chi connectivity index (χ4n) is 5.66. The van der Waals surface area contributed by atoms with Gasteiger partial charge < -0.3 is 14.8 Å². The minimum atomic E-state index is -0.952. The molecule has 1 atom stereocenters. The number of anilines is 1. The van der Waals surface area contributed by atoms with Gasteiger partial charge in [0.15, 0.2) is 5.82 Å². The molecule has 6 aromatic rings. The second-order valence-electron chi connectivity index (χ2n) is 10.8. The van der Waals surface area contributed by atoms with Crippen LogP contribution in [0.15, 0.2) is 88.5 Å². The Morgan fingerprint density at radius 1 is 0.955 bits per heavy atom. The van der Waals surface area contributed by atoms with Crippen LogP contribution in [0.5, 0.6) is 0 Å². The molecule has 0 aliphatic carbocycles. The molecule has 0 spiro atoms. The number of nitrogens with zero attached hydrogens (tertiary/aromatic N) is 4. The number of nitrogens with one attached hydrogen (secondary N) is 1. The first-order valence-corrected chi connectivity index (χ1v) is 14.9. The zero-order valence-corrected chi connectivity index (χ0v) is 25.0. The second-order valence-corrected chi connectivity index (χ2v) is 12.0. The third-order valence-corrected chi connectivity index (χ3v) is 9.14. The standard InChI is InChI=1S/C34H27N5O4S/c1-18-19(2)44-34-29(18)30(36-27(17-28(40)41)32-38-37-20(3)39(32)34)22-12-10-21(11-13-22)24-7-4-8-25(16-24)35-33(42)26-9-5-6-23-14-15-43-31(23)26/h4-16,27H,17H2,1-3H3,(H,35,42)(H,40,41)/t27-/m0/s1. The van der Waals surface area contributed by atoms with Crippen LogP contribution in [0.4, 0.5) is 5.69 Å². The molecule has 1 amide bonds. The lowest BCUT2D eigenvalue weighted by Gasteiger charge is -2.12. The number of hydrogen-bond donors (Lipinski definition) is 2. The van der Waals surface area contributed by atoms with Gasteiger partial charge in [-0.25, -0.2) is 0 Å². The monoisotopic (exact) mass is 601 g/mol. The summed E-state index contributed by atoms with van der Waals surface area (Å²) in [6.07, 6.45) is 1.38. The van der Waals surface area contributed by atoms with Gasteiger partial charge in [-0.3, -0.25) is 19.1 Å². The van der Waals surface area contributed by atoms with Crippen LogP contribution < -0.4 is 5.32 Å². The number of hydrogen-bond acceptors (Lipinski definition) is 7. The third-order valence-electron chi connectivity index (χ3n) is 7.94. The largest absolute Gasteiger partial charge is 0.481 e. The van der Waals surface area contributed by atoms with Gasteiger partial charge in [-0.15, -0.1) is 21.5 Å². The highest BCUT2D eigenvalue weighted by Crippen LogP contribution is 2.39. The van der Waals surface area contributed by atoms with E-state index in [4.69, 9.17) is 9.41 Å². The number of carbonyl (C=O) groups excluding carboxylic acids is 1. The van der Waals surface area contributed by atoms with Gasteiger partial charge in [0.25, 0.3) is 5.91 Å². The fourth-order valence-corrected chi connectivity index (χ4v) is 6.87. The molecule has 2 N–H and O–H groups in total. The number of furan rings is 1. The molecule has 1 aliphatic rings. The number of rotatable bonds is 6. The number of aryl methyl sites for hydroxylation is 2. The summed E-state index contributed by atoms with van der Waals surface area (Å²) < 4.78 is 7.49. The van der Waals surface area contributed by atoms with Crippen LogP contribution >= 0.6 is 11.3 Å². The van der Waals surface area contributed by atoms with Gasteiger partial charge in [0, 0.05) is 27.1 Å². The van der Waals surface area contributed by atoms with Gasteiger partial charge >= 0.3 is 5.97 Å². The first kappa shape index (κ1) is 27.5. The Hall–Kier alpha value is -5.35. The molecule has 10 heteroatoms. The van der Waals surface area contributed by atoms with Crippen molar-refractivity contribution < 1.29 is 19.1 Å². The number of aliphatic imine (C=N–C) groups is 1. The number of aliphatic carboxylic acids is 1.